The highest BCUT2D eigenvalue weighted by Crippen LogP contribution is 2.48. The Kier molecular flexibility index (Phi) is 5.84. The van der Waals surface area contributed by atoms with E-state index in [0.29, 0.717) is 0 Å². The van der Waals surface area contributed by atoms with Crippen LogP contribution in [0.4, 0.5) is 17.1 Å². The minimum Gasteiger partial charge on any atom is -0.456 e. The van der Waals surface area contributed by atoms with Crippen LogP contribution >= 0.6 is 11.3 Å². The zero-order valence-electron chi connectivity index (χ0n) is 28.0. The number of hydrogen-bond donors (Lipinski definition) is 0. The Balaban J connectivity index is 1.21. The summed E-state index contributed by atoms with van der Waals surface area (Å²) in [5.41, 5.74) is 8.49. The third-order valence-electron chi connectivity index (χ3n) is 10.6. The second-order valence-electron chi connectivity index (χ2n) is 13.4. The van der Waals surface area contributed by atoms with Crippen molar-refractivity contribution in [2.24, 2.45) is 0 Å². The van der Waals surface area contributed by atoms with Gasteiger partial charge in [0.05, 0.1) is 21.4 Å². The van der Waals surface area contributed by atoms with E-state index in [1.54, 1.807) is 6.33 Å². The predicted molar refractivity (Wildman–Crippen MR) is 218 cm³/mol. The molecule has 0 aliphatic heterocycles. The van der Waals surface area contributed by atoms with E-state index in [2.05, 4.69) is 130 Å². The number of rotatable bonds is 4. The number of thiophene rings is 1. The summed E-state index contributed by atoms with van der Waals surface area (Å²) in [7, 11) is 0. The van der Waals surface area contributed by atoms with Crippen molar-refractivity contribution in [2.75, 3.05) is 4.90 Å². The molecule has 0 atom stereocenters. The molecular formula is C46H26N4O2S. The molecule has 0 fully saturated rings. The first-order chi connectivity index (χ1) is 26.3. The summed E-state index contributed by atoms with van der Waals surface area (Å²) in [6.45, 7) is 0. The number of aromatic nitrogens is 3. The number of benzene rings is 7. The Bertz CT molecular complexity index is 3310. The molecule has 0 bridgehead atoms. The molecule has 0 saturated carbocycles. The van der Waals surface area contributed by atoms with Gasteiger partial charge in [-0.05, 0) is 54.6 Å². The average Bonchev–Trinajstić information content (AvgIpc) is 3.97. The summed E-state index contributed by atoms with van der Waals surface area (Å²) in [4.78, 5) is 11.5. The Morgan fingerprint density at radius 1 is 0.491 bits per heavy atom. The van der Waals surface area contributed by atoms with Gasteiger partial charge in [0.1, 0.15) is 34.5 Å². The molecule has 0 aliphatic rings. The van der Waals surface area contributed by atoms with Crippen LogP contribution in [0, 0.1) is 0 Å². The molecule has 248 valence electrons. The quantitative estimate of drug-likeness (QED) is 0.183. The van der Waals surface area contributed by atoms with Gasteiger partial charge in [-0.15, -0.1) is 11.3 Å². The van der Waals surface area contributed by atoms with Crippen molar-refractivity contribution in [1.82, 2.24) is 14.5 Å². The van der Waals surface area contributed by atoms with Crippen LogP contribution in [0.1, 0.15) is 0 Å². The van der Waals surface area contributed by atoms with E-state index in [9.17, 15) is 0 Å². The van der Waals surface area contributed by atoms with Crippen molar-refractivity contribution in [3.63, 3.8) is 0 Å². The molecule has 53 heavy (non-hydrogen) atoms. The van der Waals surface area contributed by atoms with E-state index in [-0.39, 0.29) is 0 Å². The minimum atomic E-state index is 0.804. The summed E-state index contributed by atoms with van der Waals surface area (Å²) in [5.74, 6) is 0.804. The molecule has 0 radical (unpaired) electrons. The second kappa shape index (κ2) is 10.8. The van der Waals surface area contributed by atoms with Crippen LogP contribution in [0.15, 0.2) is 167 Å². The molecule has 0 unspecified atom stereocenters. The van der Waals surface area contributed by atoms with E-state index in [0.717, 1.165) is 83.2 Å². The lowest BCUT2D eigenvalue weighted by Crippen LogP contribution is -2.12. The van der Waals surface area contributed by atoms with E-state index in [1.807, 2.05) is 47.9 Å². The van der Waals surface area contributed by atoms with Gasteiger partial charge in [-0.25, -0.2) is 9.97 Å². The van der Waals surface area contributed by atoms with Crippen LogP contribution in [0.5, 0.6) is 0 Å². The van der Waals surface area contributed by atoms with Gasteiger partial charge in [0.25, 0.3) is 0 Å². The Hall–Kier alpha value is -6.96. The van der Waals surface area contributed by atoms with Crippen molar-refractivity contribution in [3.05, 3.63) is 158 Å². The lowest BCUT2D eigenvalue weighted by atomic mass is 10.1. The maximum atomic E-state index is 6.46. The largest absolute Gasteiger partial charge is 0.456 e. The topological polar surface area (TPSA) is 60.2 Å². The zero-order valence-corrected chi connectivity index (χ0v) is 28.8. The molecule has 0 saturated heterocycles. The molecule has 12 rings (SSSR count). The molecule has 7 aromatic carbocycles. The first-order valence-electron chi connectivity index (χ1n) is 17.5. The standard InChI is InChI=1S/C46H26N4O2S/c1-4-13-38-29(8-1)31-18-16-27(24-40(31)51-38)49(28-17-19-32-30-9-2-5-14-39(30)52-41(32)25-28)37-12-7-11-34-35-20-21-36-33-10-3-6-15-42(33)53-46(36)45(35)50(44(34)37)43-22-23-47-26-48-43/h1-26H. The number of anilines is 3. The monoisotopic (exact) mass is 698 g/mol. The van der Waals surface area contributed by atoms with E-state index in [4.69, 9.17) is 13.8 Å². The maximum Gasteiger partial charge on any atom is 0.141 e. The summed E-state index contributed by atoms with van der Waals surface area (Å²) < 4.78 is 17.7. The lowest BCUT2D eigenvalue weighted by Gasteiger charge is -2.27. The number of nitrogens with zero attached hydrogens (tertiary/aromatic N) is 4. The Morgan fingerprint density at radius 2 is 1.08 bits per heavy atom. The van der Waals surface area contributed by atoms with Crippen LogP contribution < -0.4 is 4.90 Å². The smallest absolute Gasteiger partial charge is 0.141 e. The third-order valence-corrected chi connectivity index (χ3v) is 11.7. The van der Waals surface area contributed by atoms with E-state index < -0.39 is 0 Å². The van der Waals surface area contributed by atoms with E-state index in [1.165, 1.54) is 25.6 Å². The second-order valence-corrected chi connectivity index (χ2v) is 14.5. The van der Waals surface area contributed by atoms with Crippen LogP contribution in [-0.2, 0) is 0 Å². The summed E-state index contributed by atoms with van der Waals surface area (Å²) >= 11 is 1.83. The normalized spacial score (nSPS) is 12.2. The Morgan fingerprint density at radius 3 is 1.77 bits per heavy atom. The van der Waals surface area contributed by atoms with Crippen molar-refractivity contribution < 1.29 is 8.83 Å². The number of furan rings is 2. The zero-order chi connectivity index (χ0) is 34.6. The number of hydrogen-bond acceptors (Lipinski definition) is 6. The molecule has 5 aromatic heterocycles. The van der Waals surface area contributed by atoms with Crippen LogP contribution in [-0.4, -0.2) is 14.5 Å². The number of fused-ring (bicyclic) bond motifs is 13. The molecule has 0 spiro atoms. The predicted octanol–water partition coefficient (Wildman–Crippen LogP) is 13.2. The van der Waals surface area contributed by atoms with Crippen molar-refractivity contribution in [1.29, 1.82) is 0 Å². The number of para-hydroxylation sites is 3. The molecule has 12 aromatic rings. The maximum absolute atomic E-state index is 6.46. The molecule has 0 amide bonds. The third kappa shape index (κ3) is 4.08. The van der Waals surface area contributed by atoms with Crippen LogP contribution in [0.25, 0.3) is 91.7 Å². The highest BCUT2D eigenvalue weighted by molar-refractivity contribution is 7.26. The van der Waals surface area contributed by atoms with Gasteiger partial charge in [0, 0.05) is 77.5 Å². The average molecular weight is 699 g/mol. The first-order valence-corrected chi connectivity index (χ1v) is 18.4. The molecule has 0 aliphatic carbocycles. The Labute approximate surface area is 305 Å². The van der Waals surface area contributed by atoms with Crippen LogP contribution in [0.3, 0.4) is 0 Å². The summed E-state index contributed by atoms with van der Waals surface area (Å²) in [6, 6.07) is 51.2. The molecule has 6 nitrogen and oxygen atoms in total. The van der Waals surface area contributed by atoms with Gasteiger partial charge < -0.3 is 13.7 Å². The fraction of sp³-hybridized carbons (Fsp3) is 0. The summed E-state index contributed by atoms with van der Waals surface area (Å²) in [6.07, 6.45) is 3.44. The highest BCUT2D eigenvalue weighted by atomic mass is 32.1. The summed E-state index contributed by atoms with van der Waals surface area (Å²) in [5, 5.41) is 9.16. The SMILES string of the molecule is c1ccc2c(c1)oc1cc(N(c3ccc4c(c3)oc3ccccc34)c3cccc4c5ccc6c7ccccc7sc6c5n(-c5ccncn5)c34)ccc12. The minimum absolute atomic E-state index is 0.804. The van der Waals surface area contributed by atoms with Gasteiger partial charge in [0.2, 0.25) is 0 Å². The fourth-order valence-corrected chi connectivity index (χ4v) is 9.51. The van der Waals surface area contributed by atoms with Gasteiger partial charge in [0.15, 0.2) is 0 Å². The van der Waals surface area contributed by atoms with Gasteiger partial charge in [-0.3, -0.25) is 4.57 Å². The fourth-order valence-electron chi connectivity index (χ4n) is 8.27. The van der Waals surface area contributed by atoms with Crippen molar-refractivity contribution in [3.8, 4) is 5.82 Å². The lowest BCUT2D eigenvalue weighted by molar-refractivity contribution is 0.669. The van der Waals surface area contributed by atoms with E-state index >= 15 is 0 Å². The molecule has 0 N–H and O–H groups in total. The first kappa shape index (κ1) is 28.7. The van der Waals surface area contributed by atoms with Gasteiger partial charge >= 0.3 is 0 Å². The van der Waals surface area contributed by atoms with Crippen molar-refractivity contribution >= 4 is 114 Å². The molecule has 5 heterocycles. The molecule has 7 heteroatoms. The van der Waals surface area contributed by atoms with Gasteiger partial charge in [-0.1, -0.05) is 78.9 Å². The van der Waals surface area contributed by atoms with Crippen molar-refractivity contribution in [2.45, 2.75) is 0 Å². The van der Waals surface area contributed by atoms with Crippen LogP contribution in [0.2, 0.25) is 0 Å². The molecular weight excluding hydrogens is 673 g/mol. The highest BCUT2D eigenvalue weighted by Gasteiger charge is 2.25. The van der Waals surface area contributed by atoms with Gasteiger partial charge in [-0.2, -0.15) is 0 Å².